The van der Waals surface area contributed by atoms with Gasteiger partial charge >= 0.3 is 0 Å². The molecular weight excluding hydrogens is 172 g/mol. The van der Waals surface area contributed by atoms with Gasteiger partial charge in [-0.3, -0.25) is 4.90 Å². The van der Waals surface area contributed by atoms with Gasteiger partial charge in [0.25, 0.3) is 0 Å². The lowest BCUT2D eigenvalue weighted by atomic mass is 10.0. The first kappa shape index (κ1) is 11.7. The lowest BCUT2D eigenvalue weighted by molar-refractivity contribution is 0.104. The molecule has 0 aromatic heterocycles. The first-order chi connectivity index (χ1) is 6.72. The summed E-state index contributed by atoms with van der Waals surface area (Å²) in [7, 11) is 0. The quantitative estimate of drug-likeness (QED) is 0.692. The number of hydrogen-bond donors (Lipinski definition) is 1. The van der Waals surface area contributed by atoms with Crippen molar-refractivity contribution in [2.24, 2.45) is 0 Å². The fraction of sp³-hybridized carbons (Fsp3) is 0.833. The van der Waals surface area contributed by atoms with Crippen molar-refractivity contribution in [1.29, 1.82) is 0 Å². The molecule has 3 atom stereocenters. The molecule has 0 aromatic rings. The normalized spacial score (nSPS) is 31.4. The molecule has 2 heteroatoms. The van der Waals surface area contributed by atoms with Gasteiger partial charge in [-0.1, -0.05) is 19.9 Å². The largest absolute Gasteiger partial charge is 0.311 e. The van der Waals surface area contributed by atoms with Crippen molar-refractivity contribution < 1.29 is 0 Å². The second-order valence-electron chi connectivity index (χ2n) is 4.25. The zero-order valence-electron chi connectivity index (χ0n) is 9.79. The van der Waals surface area contributed by atoms with E-state index in [2.05, 4.69) is 43.6 Å². The molecule has 82 valence electrons. The van der Waals surface area contributed by atoms with Crippen LogP contribution in [0.5, 0.6) is 0 Å². The highest BCUT2D eigenvalue weighted by atomic mass is 15.2. The van der Waals surface area contributed by atoms with Crippen molar-refractivity contribution in [2.75, 3.05) is 13.1 Å². The van der Waals surface area contributed by atoms with E-state index in [-0.39, 0.29) is 0 Å². The second kappa shape index (κ2) is 5.52. The van der Waals surface area contributed by atoms with Crippen molar-refractivity contribution >= 4 is 0 Å². The Balaban J connectivity index is 2.59. The Morgan fingerprint density at radius 1 is 1.50 bits per heavy atom. The lowest BCUT2D eigenvalue weighted by Gasteiger charge is -2.42. The minimum atomic E-state index is 0.510. The van der Waals surface area contributed by atoms with E-state index in [0.29, 0.717) is 18.1 Å². The third-order valence-electron chi connectivity index (χ3n) is 3.37. The van der Waals surface area contributed by atoms with Gasteiger partial charge in [0.05, 0.1) is 0 Å². The summed E-state index contributed by atoms with van der Waals surface area (Å²) in [4.78, 5) is 2.58. The van der Waals surface area contributed by atoms with Gasteiger partial charge in [-0.05, 0) is 19.8 Å². The van der Waals surface area contributed by atoms with Crippen LogP contribution in [-0.2, 0) is 0 Å². The van der Waals surface area contributed by atoms with E-state index < -0.39 is 0 Å². The van der Waals surface area contributed by atoms with E-state index in [1.165, 1.54) is 19.4 Å². The molecule has 1 rings (SSSR count). The summed E-state index contributed by atoms with van der Waals surface area (Å²) in [5, 5.41) is 3.60. The standard InChI is InChI=1S/C12H24N2/c1-5-10(4)14-9-11(6-2)13-8-12(14)7-3/h5,10-13H,1,6-9H2,2-4H3. The molecule has 0 amide bonds. The molecular formula is C12H24N2. The molecule has 3 unspecified atom stereocenters. The number of rotatable bonds is 4. The van der Waals surface area contributed by atoms with Crippen molar-refractivity contribution in [2.45, 2.75) is 51.7 Å². The summed E-state index contributed by atoms with van der Waals surface area (Å²) in [5.74, 6) is 0. The third-order valence-corrected chi connectivity index (χ3v) is 3.37. The van der Waals surface area contributed by atoms with Crippen LogP contribution in [0.25, 0.3) is 0 Å². The topological polar surface area (TPSA) is 15.3 Å². The lowest BCUT2D eigenvalue weighted by Crippen LogP contribution is -2.58. The number of nitrogens with one attached hydrogen (secondary N) is 1. The van der Waals surface area contributed by atoms with Gasteiger partial charge in [0.15, 0.2) is 0 Å². The van der Waals surface area contributed by atoms with E-state index in [4.69, 9.17) is 0 Å². The van der Waals surface area contributed by atoms with Gasteiger partial charge in [-0.15, -0.1) is 6.58 Å². The van der Waals surface area contributed by atoms with Crippen LogP contribution in [0.3, 0.4) is 0 Å². The molecule has 1 saturated heterocycles. The summed E-state index contributed by atoms with van der Waals surface area (Å²) in [5.41, 5.74) is 0. The summed E-state index contributed by atoms with van der Waals surface area (Å²) in [6.07, 6.45) is 4.50. The molecule has 1 aliphatic heterocycles. The van der Waals surface area contributed by atoms with Crippen molar-refractivity contribution in [3.63, 3.8) is 0 Å². The highest BCUT2D eigenvalue weighted by molar-refractivity contribution is 4.93. The first-order valence-corrected chi connectivity index (χ1v) is 5.84. The molecule has 14 heavy (non-hydrogen) atoms. The van der Waals surface area contributed by atoms with E-state index in [1.54, 1.807) is 0 Å². The number of hydrogen-bond acceptors (Lipinski definition) is 2. The zero-order valence-corrected chi connectivity index (χ0v) is 9.79. The summed E-state index contributed by atoms with van der Waals surface area (Å²) in [6.45, 7) is 13.0. The van der Waals surface area contributed by atoms with Gasteiger partial charge in [0.2, 0.25) is 0 Å². The molecule has 0 aromatic carbocycles. The van der Waals surface area contributed by atoms with Crippen LogP contribution in [0.1, 0.15) is 33.6 Å². The van der Waals surface area contributed by atoms with E-state index in [1.807, 2.05) is 0 Å². The Labute approximate surface area is 88.4 Å². The highest BCUT2D eigenvalue weighted by Crippen LogP contribution is 2.15. The summed E-state index contributed by atoms with van der Waals surface area (Å²) < 4.78 is 0. The average Bonchev–Trinajstić information content (AvgIpc) is 2.27. The molecule has 1 fully saturated rings. The van der Waals surface area contributed by atoms with Gasteiger partial charge in [-0.25, -0.2) is 0 Å². The predicted octanol–water partition coefficient (Wildman–Crippen LogP) is 2.02. The van der Waals surface area contributed by atoms with Crippen molar-refractivity contribution in [3.8, 4) is 0 Å². The van der Waals surface area contributed by atoms with Crippen LogP contribution in [0.4, 0.5) is 0 Å². The molecule has 0 radical (unpaired) electrons. The molecule has 0 aliphatic carbocycles. The van der Waals surface area contributed by atoms with Crippen molar-refractivity contribution in [1.82, 2.24) is 10.2 Å². The fourth-order valence-electron chi connectivity index (χ4n) is 2.17. The number of piperazine rings is 1. The van der Waals surface area contributed by atoms with Gasteiger partial charge in [-0.2, -0.15) is 0 Å². The van der Waals surface area contributed by atoms with E-state index >= 15 is 0 Å². The summed E-state index contributed by atoms with van der Waals surface area (Å²) >= 11 is 0. The van der Waals surface area contributed by atoms with E-state index in [0.717, 1.165) is 6.54 Å². The molecule has 1 aliphatic rings. The minimum Gasteiger partial charge on any atom is -0.311 e. The van der Waals surface area contributed by atoms with Gasteiger partial charge < -0.3 is 5.32 Å². The monoisotopic (exact) mass is 196 g/mol. The maximum Gasteiger partial charge on any atom is 0.0251 e. The van der Waals surface area contributed by atoms with Crippen LogP contribution in [0.15, 0.2) is 12.7 Å². The molecule has 0 saturated carbocycles. The van der Waals surface area contributed by atoms with Crippen LogP contribution in [0, 0.1) is 0 Å². The molecule has 0 bridgehead atoms. The molecule has 1 heterocycles. The highest BCUT2D eigenvalue weighted by Gasteiger charge is 2.27. The predicted molar refractivity (Wildman–Crippen MR) is 62.5 cm³/mol. The van der Waals surface area contributed by atoms with Crippen molar-refractivity contribution in [3.05, 3.63) is 12.7 Å². The average molecular weight is 196 g/mol. The third kappa shape index (κ3) is 2.58. The van der Waals surface area contributed by atoms with Gasteiger partial charge in [0, 0.05) is 31.2 Å². The first-order valence-electron chi connectivity index (χ1n) is 5.84. The Morgan fingerprint density at radius 2 is 2.21 bits per heavy atom. The smallest absolute Gasteiger partial charge is 0.0251 e. The Bertz CT molecular complexity index is 179. The van der Waals surface area contributed by atoms with E-state index in [9.17, 15) is 0 Å². The Kier molecular flexibility index (Phi) is 4.63. The van der Waals surface area contributed by atoms with Gasteiger partial charge in [0.1, 0.15) is 0 Å². The van der Waals surface area contributed by atoms with Crippen LogP contribution in [-0.4, -0.2) is 36.1 Å². The minimum absolute atomic E-state index is 0.510. The molecule has 0 spiro atoms. The zero-order chi connectivity index (χ0) is 10.6. The summed E-state index contributed by atoms with van der Waals surface area (Å²) in [6, 6.07) is 1.86. The Hall–Kier alpha value is -0.340. The van der Waals surface area contributed by atoms with Crippen LogP contribution >= 0.6 is 0 Å². The van der Waals surface area contributed by atoms with Crippen LogP contribution in [0.2, 0.25) is 0 Å². The van der Waals surface area contributed by atoms with Crippen LogP contribution < -0.4 is 5.32 Å². The number of nitrogens with zero attached hydrogens (tertiary/aromatic N) is 1. The fourth-order valence-corrected chi connectivity index (χ4v) is 2.17. The molecule has 2 nitrogen and oxygen atoms in total. The second-order valence-corrected chi connectivity index (χ2v) is 4.25. The Morgan fingerprint density at radius 3 is 2.71 bits per heavy atom. The molecule has 1 N–H and O–H groups in total. The maximum atomic E-state index is 3.89. The maximum absolute atomic E-state index is 3.89. The SMILES string of the molecule is C=CC(C)N1CC(CC)NCC1CC.